The van der Waals surface area contributed by atoms with Gasteiger partial charge in [0.25, 0.3) is 0 Å². The van der Waals surface area contributed by atoms with Gasteiger partial charge in [-0.2, -0.15) is 0 Å². The summed E-state index contributed by atoms with van der Waals surface area (Å²) in [4.78, 5) is 27.1. The van der Waals surface area contributed by atoms with Crippen LogP contribution in [0.25, 0.3) is 0 Å². The molecule has 0 aromatic heterocycles. The molecule has 160 valence electrons. The number of likely N-dealkylation sites (tertiary alicyclic amines) is 1. The zero-order valence-electron chi connectivity index (χ0n) is 17.5. The van der Waals surface area contributed by atoms with Gasteiger partial charge in [-0.15, -0.1) is 6.58 Å². The van der Waals surface area contributed by atoms with Gasteiger partial charge >= 0.3 is 5.97 Å². The van der Waals surface area contributed by atoms with Crippen LogP contribution >= 0.6 is 0 Å². The molecule has 1 aromatic rings. The lowest BCUT2D eigenvalue weighted by atomic mass is 9.74. The molecule has 1 N–H and O–H groups in total. The Balaban J connectivity index is 1.61. The highest BCUT2D eigenvalue weighted by molar-refractivity contribution is 5.91. The van der Waals surface area contributed by atoms with Crippen molar-refractivity contribution in [3.8, 4) is 11.5 Å². The molecule has 3 aliphatic rings. The normalized spacial score (nSPS) is 31.2. The van der Waals surface area contributed by atoms with Crippen LogP contribution in [0.1, 0.15) is 18.9 Å². The molecule has 0 radical (unpaired) electrons. The molecule has 1 amide bonds. The van der Waals surface area contributed by atoms with E-state index in [4.69, 9.17) is 14.2 Å². The fraction of sp³-hybridized carbons (Fsp3) is 0.478. The van der Waals surface area contributed by atoms with Crippen molar-refractivity contribution in [3.05, 3.63) is 48.1 Å². The summed E-state index contributed by atoms with van der Waals surface area (Å²) in [6, 6.07) is 5.41. The predicted octanol–water partition coefficient (Wildman–Crippen LogP) is 2.45. The fourth-order valence-electron chi connectivity index (χ4n) is 5.15. The molecule has 7 nitrogen and oxygen atoms in total. The lowest BCUT2D eigenvalue weighted by Gasteiger charge is -2.33. The molecule has 4 rings (SSSR count). The Labute approximate surface area is 175 Å². The summed E-state index contributed by atoms with van der Waals surface area (Å²) in [5.41, 5.74) is 1.04. The number of carboxylic acids is 1. The van der Waals surface area contributed by atoms with Crippen molar-refractivity contribution in [2.75, 3.05) is 20.8 Å². The van der Waals surface area contributed by atoms with Crippen molar-refractivity contribution in [2.45, 2.75) is 37.5 Å². The van der Waals surface area contributed by atoms with E-state index in [1.165, 1.54) is 0 Å². The van der Waals surface area contributed by atoms with E-state index in [2.05, 4.69) is 6.58 Å². The summed E-state index contributed by atoms with van der Waals surface area (Å²) in [7, 11) is 3.17. The average Bonchev–Trinajstić information content (AvgIpc) is 3.35. The third-order valence-electron chi connectivity index (χ3n) is 6.45. The molecule has 7 heteroatoms. The van der Waals surface area contributed by atoms with Crippen LogP contribution in [0.5, 0.6) is 11.5 Å². The van der Waals surface area contributed by atoms with Gasteiger partial charge in [0.1, 0.15) is 11.5 Å². The van der Waals surface area contributed by atoms with Gasteiger partial charge in [-0.05, 0) is 37.5 Å². The van der Waals surface area contributed by atoms with Crippen LogP contribution in [-0.2, 0) is 20.7 Å². The van der Waals surface area contributed by atoms with Crippen LogP contribution in [0.3, 0.4) is 0 Å². The number of methoxy groups -OCH3 is 2. The van der Waals surface area contributed by atoms with Crippen LogP contribution in [0.4, 0.5) is 0 Å². The number of nitrogens with zero attached hydrogens (tertiary/aromatic N) is 1. The van der Waals surface area contributed by atoms with Crippen LogP contribution < -0.4 is 9.47 Å². The summed E-state index contributed by atoms with van der Waals surface area (Å²) in [6.45, 7) is 6.40. The largest absolute Gasteiger partial charge is 0.493 e. The summed E-state index contributed by atoms with van der Waals surface area (Å²) in [5.74, 6) is -1.40. The number of carboxylic acid groups (broad SMARTS) is 1. The number of hydrogen-bond acceptors (Lipinski definition) is 5. The first-order chi connectivity index (χ1) is 14.3. The molecule has 2 fully saturated rings. The van der Waals surface area contributed by atoms with E-state index in [9.17, 15) is 14.7 Å². The number of fused-ring (bicyclic) bond motifs is 1. The second-order valence-corrected chi connectivity index (χ2v) is 8.28. The molecule has 1 spiro atoms. The number of carbonyl (C=O) groups excluding carboxylic acids is 1. The second kappa shape index (κ2) is 7.47. The Hall–Kier alpha value is -2.80. The van der Waals surface area contributed by atoms with E-state index in [0.717, 1.165) is 11.1 Å². The minimum atomic E-state index is -0.986. The lowest BCUT2D eigenvalue weighted by Crippen LogP contribution is -2.45. The van der Waals surface area contributed by atoms with Crippen molar-refractivity contribution < 1.29 is 28.9 Å². The molecule has 1 aromatic carbocycles. The smallest absolute Gasteiger partial charge is 0.310 e. The van der Waals surface area contributed by atoms with Gasteiger partial charge in [0.05, 0.1) is 32.3 Å². The van der Waals surface area contributed by atoms with E-state index in [1.54, 1.807) is 25.2 Å². The van der Waals surface area contributed by atoms with Crippen molar-refractivity contribution >= 4 is 11.9 Å². The van der Waals surface area contributed by atoms with Crippen molar-refractivity contribution in [3.63, 3.8) is 0 Å². The molecule has 0 unspecified atom stereocenters. The highest BCUT2D eigenvalue weighted by atomic mass is 16.5. The third-order valence-corrected chi connectivity index (χ3v) is 6.45. The Morgan fingerprint density at radius 3 is 2.67 bits per heavy atom. The monoisotopic (exact) mass is 413 g/mol. The van der Waals surface area contributed by atoms with Crippen molar-refractivity contribution in [2.24, 2.45) is 11.8 Å². The number of ether oxygens (including phenoxy) is 3. The Morgan fingerprint density at radius 2 is 2.03 bits per heavy atom. The standard InChI is InChI=1S/C23H27NO6/c1-13(2)11-18-23-9-7-16(30-23)19(22(26)27)20(23)21(25)24(18)10-8-14-5-6-15(28-3)17(12-14)29-4/h5-7,9,12,16,18-20H,1,8,10-11H2,2-4H3,(H,26,27)/t16-,18-,19+,20+,23+/m0/s1. The Bertz CT molecular complexity index is 924. The SMILES string of the molecule is C=C(C)C[C@@H]1N(CCc2ccc(OC)c(OC)c2)C(=O)[C@H]2[C@H](C(=O)O)[C@@H]3C=C[C@@]12O3. The number of carbonyl (C=O) groups is 2. The van der Waals surface area contributed by atoms with Gasteiger partial charge in [-0.25, -0.2) is 0 Å². The molecule has 0 saturated carbocycles. The zero-order valence-corrected chi connectivity index (χ0v) is 17.5. The van der Waals surface area contributed by atoms with E-state index in [1.807, 2.05) is 31.2 Å². The topological polar surface area (TPSA) is 85.3 Å². The van der Waals surface area contributed by atoms with E-state index in [-0.39, 0.29) is 11.9 Å². The maximum absolute atomic E-state index is 13.4. The molecule has 2 bridgehead atoms. The first-order valence-electron chi connectivity index (χ1n) is 10.1. The highest BCUT2D eigenvalue weighted by Crippen LogP contribution is 2.56. The molecule has 3 heterocycles. The van der Waals surface area contributed by atoms with Gasteiger partial charge in [-0.3, -0.25) is 9.59 Å². The predicted molar refractivity (Wildman–Crippen MR) is 110 cm³/mol. The number of amides is 1. The molecule has 5 atom stereocenters. The summed E-state index contributed by atoms with van der Waals surface area (Å²) < 4.78 is 16.8. The maximum Gasteiger partial charge on any atom is 0.310 e. The first kappa shape index (κ1) is 20.5. The Kier molecular flexibility index (Phi) is 5.10. The van der Waals surface area contributed by atoms with Crippen LogP contribution in [0.15, 0.2) is 42.5 Å². The highest BCUT2D eigenvalue weighted by Gasteiger charge is 2.70. The van der Waals surface area contributed by atoms with Gasteiger partial charge in [-0.1, -0.05) is 23.8 Å². The lowest BCUT2D eigenvalue weighted by molar-refractivity contribution is -0.148. The molecule has 30 heavy (non-hydrogen) atoms. The van der Waals surface area contributed by atoms with Crippen molar-refractivity contribution in [1.29, 1.82) is 0 Å². The average molecular weight is 413 g/mol. The molecule has 3 aliphatic heterocycles. The molecular weight excluding hydrogens is 386 g/mol. The second-order valence-electron chi connectivity index (χ2n) is 8.28. The summed E-state index contributed by atoms with van der Waals surface area (Å²) in [5, 5.41) is 9.74. The van der Waals surface area contributed by atoms with Gasteiger partial charge in [0, 0.05) is 6.54 Å². The summed E-state index contributed by atoms with van der Waals surface area (Å²) >= 11 is 0. The molecular formula is C23H27NO6. The van der Waals surface area contributed by atoms with E-state index < -0.39 is 29.5 Å². The fourth-order valence-corrected chi connectivity index (χ4v) is 5.15. The molecule has 2 saturated heterocycles. The summed E-state index contributed by atoms with van der Waals surface area (Å²) in [6.07, 6.45) is 4.33. The third kappa shape index (κ3) is 2.99. The molecule has 0 aliphatic carbocycles. The quantitative estimate of drug-likeness (QED) is 0.659. The number of hydrogen-bond donors (Lipinski definition) is 1. The van der Waals surface area contributed by atoms with E-state index in [0.29, 0.717) is 30.9 Å². The van der Waals surface area contributed by atoms with E-state index >= 15 is 0 Å². The van der Waals surface area contributed by atoms with Crippen LogP contribution in [-0.4, -0.2) is 60.4 Å². The Morgan fingerprint density at radius 1 is 1.30 bits per heavy atom. The maximum atomic E-state index is 13.4. The van der Waals surface area contributed by atoms with Gasteiger partial charge in [0.15, 0.2) is 11.5 Å². The zero-order chi connectivity index (χ0) is 21.6. The minimum absolute atomic E-state index is 0.152. The van der Waals surface area contributed by atoms with Gasteiger partial charge < -0.3 is 24.2 Å². The van der Waals surface area contributed by atoms with Crippen molar-refractivity contribution in [1.82, 2.24) is 4.90 Å². The van der Waals surface area contributed by atoms with Crippen LogP contribution in [0, 0.1) is 11.8 Å². The first-order valence-corrected chi connectivity index (χ1v) is 10.1. The number of rotatable bonds is 8. The number of benzene rings is 1. The van der Waals surface area contributed by atoms with Gasteiger partial charge in [0.2, 0.25) is 5.91 Å². The number of aliphatic carboxylic acids is 1. The minimum Gasteiger partial charge on any atom is -0.493 e. The van der Waals surface area contributed by atoms with Crippen LogP contribution in [0.2, 0.25) is 0 Å².